The number of nitrogens with zero attached hydrogens (tertiary/aromatic N) is 4. The molecule has 20 heavy (non-hydrogen) atoms. The summed E-state index contributed by atoms with van der Waals surface area (Å²) in [5.74, 6) is 0. The molecule has 0 aliphatic carbocycles. The number of hydrogen-bond acceptors (Lipinski definition) is 3. The number of aromatic nitrogens is 4. The van der Waals surface area contributed by atoms with Gasteiger partial charge < -0.3 is 5.32 Å². The zero-order valence-electron chi connectivity index (χ0n) is 12.7. The zero-order chi connectivity index (χ0) is 14.9. The Kier molecular flexibility index (Phi) is 4.65. The number of aryl methyl sites for hydroxylation is 3. The Labute approximate surface area is 128 Å². The summed E-state index contributed by atoms with van der Waals surface area (Å²) < 4.78 is 4.94. The maximum absolute atomic E-state index is 4.48. The van der Waals surface area contributed by atoms with Crippen LogP contribution in [0.3, 0.4) is 0 Å². The minimum absolute atomic E-state index is 0.274. The van der Waals surface area contributed by atoms with Gasteiger partial charge in [-0.15, -0.1) is 0 Å². The van der Waals surface area contributed by atoms with Crippen LogP contribution in [0.5, 0.6) is 0 Å². The first-order valence-corrected chi connectivity index (χ1v) is 7.58. The molecule has 0 aromatic carbocycles. The van der Waals surface area contributed by atoms with Crippen LogP contribution in [-0.2, 0) is 20.5 Å². The van der Waals surface area contributed by atoms with Gasteiger partial charge in [-0.1, -0.05) is 0 Å². The van der Waals surface area contributed by atoms with E-state index in [0.717, 1.165) is 23.0 Å². The van der Waals surface area contributed by atoms with Crippen LogP contribution in [0.4, 0.5) is 0 Å². The van der Waals surface area contributed by atoms with Crippen LogP contribution in [0.15, 0.2) is 10.7 Å². The van der Waals surface area contributed by atoms with E-state index in [2.05, 4.69) is 45.3 Å². The number of nitrogens with one attached hydrogen (secondary N) is 1. The molecule has 1 unspecified atom stereocenters. The van der Waals surface area contributed by atoms with Crippen molar-refractivity contribution in [3.05, 3.63) is 33.3 Å². The first-order chi connectivity index (χ1) is 9.45. The molecule has 1 N–H and O–H groups in total. The average Bonchev–Trinajstić information content (AvgIpc) is 2.85. The first kappa shape index (κ1) is 15.3. The predicted octanol–water partition coefficient (Wildman–Crippen LogP) is 2.43. The van der Waals surface area contributed by atoms with Gasteiger partial charge in [-0.25, -0.2) is 0 Å². The van der Waals surface area contributed by atoms with E-state index in [1.165, 1.54) is 17.0 Å². The summed E-state index contributed by atoms with van der Waals surface area (Å²) >= 11 is 3.58. The van der Waals surface area contributed by atoms with E-state index >= 15 is 0 Å². The largest absolute Gasteiger partial charge is 0.312 e. The summed E-state index contributed by atoms with van der Waals surface area (Å²) in [4.78, 5) is 0. The van der Waals surface area contributed by atoms with E-state index < -0.39 is 0 Å². The Balaban J connectivity index is 2.16. The molecule has 110 valence electrons. The van der Waals surface area contributed by atoms with Crippen LogP contribution in [0.25, 0.3) is 0 Å². The lowest BCUT2D eigenvalue weighted by molar-refractivity contribution is 0.503. The standard InChI is InChI=1S/C14H22BrN5/c1-9-11(10(2)19(4)18-9)6-7-13(16-3)14-12(15)8-17-20(14)5/h8,13,16H,6-7H2,1-5H3. The molecule has 0 aliphatic rings. The molecule has 0 radical (unpaired) electrons. The third-order valence-corrected chi connectivity index (χ3v) is 4.57. The van der Waals surface area contributed by atoms with Gasteiger partial charge in [0, 0.05) is 19.8 Å². The van der Waals surface area contributed by atoms with Gasteiger partial charge >= 0.3 is 0 Å². The minimum atomic E-state index is 0.274. The number of hydrogen-bond donors (Lipinski definition) is 1. The van der Waals surface area contributed by atoms with Crippen LogP contribution in [-0.4, -0.2) is 26.6 Å². The Morgan fingerprint density at radius 1 is 1.30 bits per heavy atom. The molecule has 1 atom stereocenters. The highest BCUT2D eigenvalue weighted by Gasteiger charge is 2.19. The first-order valence-electron chi connectivity index (χ1n) is 6.79. The fourth-order valence-corrected chi connectivity index (χ4v) is 3.32. The SMILES string of the molecule is CNC(CCc1c(C)nn(C)c1C)c1c(Br)cnn1C. The van der Waals surface area contributed by atoms with Crippen LogP contribution >= 0.6 is 15.9 Å². The van der Waals surface area contributed by atoms with Gasteiger partial charge in [0.15, 0.2) is 0 Å². The van der Waals surface area contributed by atoms with E-state index in [0.29, 0.717) is 0 Å². The van der Waals surface area contributed by atoms with Crippen molar-refractivity contribution >= 4 is 15.9 Å². The third kappa shape index (κ3) is 2.81. The molecule has 5 nitrogen and oxygen atoms in total. The second-order valence-corrected chi connectivity index (χ2v) is 6.01. The lowest BCUT2D eigenvalue weighted by atomic mass is 10.0. The van der Waals surface area contributed by atoms with Gasteiger partial charge in [-0.3, -0.25) is 9.36 Å². The highest BCUT2D eigenvalue weighted by Crippen LogP contribution is 2.27. The van der Waals surface area contributed by atoms with Gasteiger partial charge in [-0.05, 0) is 55.2 Å². The van der Waals surface area contributed by atoms with Crippen molar-refractivity contribution in [1.29, 1.82) is 0 Å². The van der Waals surface area contributed by atoms with E-state index in [-0.39, 0.29) is 6.04 Å². The molecule has 2 aromatic rings. The fourth-order valence-electron chi connectivity index (χ4n) is 2.70. The Morgan fingerprint density at radius 3 is 2.45 bits per heavy atom. The van der Waals surface area contributed by atoms with E-state index in [4.69, 9.17) is 0 Å². The van der Waals surface area contributed by atoms with Crippen molar-refractivity contribution in [3.63, 3.8) is 0 Å². The van der Waals surface area contributed by atoms with Crippen molar-refractivity contribution in [2.45, 2.75) is 32.7 Å². The van der Waals surface area contributed by atoms with Crippen LogP contribution in [0, 0.1) is 13.8 Å². The number of rotatable bonds is 5. The quantitative estimate of drug-likeness (QED) is 0.909. The van der Waals surface area contributed by atoms with Gasteiger partial charge in [0.05, 0.1) is 28.1 Å². The summed E-state index contributed by atoms with van der Waals surface area (Å²) in [7, 11) is 5.97. The molecule has 0 fully saturated rings. The van der Waals surface area contributed by atoms with Gasteiger partial charge in [0.25, 0.3) is 0 Å². The molecule has 2 aromatic heterocycles. The summed E-state index contributed by atoms with van der Waals surface area (Å²) in [5.41, 5.74) is 4.92. The smallest absolute Gasteiger partial charge is 0.0692 e. The van der Waals surface area contributed by atoms with Crippen molar-refractivity contribution in [3.8, 4) is 0 Å². The second kappa shape index (κ2) is 6.10. The third-order valence-electron chi connectivity index (χ3n) is 3.96. The molecule has 0 amide bonds. The Bertz CT molecular complexity index is 579. The maximum Gasteiger partial charge on any atom is 0.0692 e. The Morgan fingerprint density at radius 2 is 2.00 bits per heavy atom. The van der Waals surface area contributed by atoms with E-state index in [1.807, 2.05) is 36.7 Å². The highest BCUT2D eigenvalue weighted by molar-refractivity contribution is 9.10. The van der Waals surface area contributed by atoms with Gasteiger partial charge in [0.1, 0.15) is 0 Å². The molecule has 0 saturated carbocycles. The molecular formula is C14H22BrN5. The second-order valence-electron chi connectivity index (χ2n) is 5.15. The molecule has 6 heteroatoms. The monoisotopic (exact) mass is 339 g/mol. The highest BCUT2D eigenvalue weighted by atomic mass is 79.9. The summed E-state index contributed by atoms with van der Waals surface area (Å²) in [5, 5.41) is 12.2. The van der Waals surface area contributed by atoms with Crippen molar-refractivity contribution in [2.75, 3.05) is 7.05 Å². The van der Waals surface area contributed by atoms with Crippen molar-refractivity contribution in [1.82, 2.24) is 24.9 Å². The minimum Gasteiger partial charge on any atom is -0.312 e. The summed E-state index contributed by atoms with van der Waals surface area (Å²) in [6, 6.07) is 0.274. The van der Waals surface area contributed by atoms with Crippen LogP contribution < -0.4 is 5.32 Å². The van der Waals surface area contributed by atoms with Crippen LogP contribution in [0.1, 0.15) is 35.1 Å². The normalized spacial score (nSPS) is 12.9. The number of halogens is 1. The molecule has 0 spiro atoms. The van der Waals surface area contributed by atoms with E-state index in [1.54, 1.807) is 0 Å². The van der Waals surface area contributed by atoms with Gasteiger partial charge in [0.2, 0.25) is 0 Å². The topological polar surface area (TPSA) is 47.7 Å². The van der Waals surface area contributed by atoms with Gasteiger partial charge in [-0.2, -0.15) is 10.2 Å². The van der Waals surface area contributed by atoms with E-state index in [9.17, 15) is 0 Å². The molecule has 0 saturated heterocycles. The van der Waals surface area contributed by atoms with Crippen LogP contribution in [0.2, 0.25) is 0 Å². The lowest BCUT2D eigenvalue weighted by Crippen LogP contribution is -2.20. The summed E-state index contributed by atoms with van der Waals surface area (Å²) in [6.07, 6.45) is 3.87. The molecule has 0 bridgehead atoms. The fraction of sp³-hybridized carbons (Fsp3) is 0.571. The average molecular weight is 340 g/mol. The summed E-state index contributed by atoms with van der Waals surface area (Å²) in [6.45, 7) is 4.21. The molecule has 2 heterocycles. The maximum atomic E-state index is 4.48. The molecule has 0 aliphatic heterocycles. The van der Waals surface area contributed by atoms with Crippen molar-refractivity contribution in [2.24, 2.45) is 14.1 Å². The van der Waals surface area contributed by atoms with Crippen molar-refractivity contribution < 1.29 is 0 Å². The zero-order valence-corrected chi connectivity index (χ0v) is 14.3. The lowest BCUT2D eigenvalue weighted by Gasteiger charge is -2.17. The Hall–Kier alpha value is -1.14. The molecule has 2 rings (SSSR count). The predicted molar refractivity (Wildman–Crippen MR) is 83.7 cm³/mol. The molecular weight excluding hydrogens is 318 g/mol.